The van der Waals surface area contributed by atoms with Gasteiger partial charge in [-0.15, -0.1) is 0 Å². The summed E-state index contributed by atoms with van der Waals surface area (Å²) in [6, 6.07) is 7.73. The van der Waals surface area contributed by atoms with Crippen molar-refractivity contribution in [2.75, 3.05) is 11.4 Å². The summed E-state index contributed by atoms with van der Waals surface area (Å²) in [5.74, 6) is 0.501. The van der Waals surface area contributed by atoms with Gasteiger partial charge in [0.1, 0.15) is 6.04 Å². The highest BCUT2D eigenvalue weighted by Crippen LogP contribution is 2.35. The molecule has 1 aromatic carbocycles. The normalized spacial score (nSPS) is 25.9. The van der Waals surface area contributed by atoms with Gasteiger partial charge in [0.15, 0.2) is 0 Å². The lowest BCUT2D eigenvalue weighted by molar-refractivity contribution is -0.124. The fraction of sp³-hybridized carbons (Fsp3) is 0.467. The Balaban J connectivity index is 1.88. The van der Waals surface area contributed by atoms with Crippen molar-refractivity contribution in [2.45, 2.75) is 38.1 Å². The third-order valence-electron chi connectivity index (χ3n) is 4.10. The number of hydrogen-bond donors (Lipinski definition) is 1. The molecule has 0 bridgehead atoms. The van der Waals surface area contributed by atoms with Crippen LogP contribution in [0.3, 0.4) is 0 Å². The van der Waals surface area contributed by atoms with Crippen LogP contribution in [0.4, 0.5) is 5.69 Å². The number of fused-ring (bicyclic) bond motifs is 1. The van der Waals surface area contributed by atoms with Crippen LogP contribution in [0, 0.1) is 0 Å². The van der Waals surface area contributed by atoms with Gasteiger partial charge in [0, 0.05) is 18.7 Å². The highest BCUT2D eigenvalue weighted by atomic mass is 16.2. The van der Waals surface area contributed by atoms with Gasteiger partial charge in [0.25, 0.3) is 0 Å². The van der Waals surface area contributed by atoms with Crippen LogP contribution in [0.2, 0.25) is 0 Å². The number of rotatable bonds is 1. The zero-order chi connectivity index (χ0) is 13.4. The Bertz CT molecular complexity index is 527. The minimum absolute atomic E-state index is 0.0167. The number of amides is 2. The van der Waals surface area contributed by atoms with E-state index in [0.29, 0.717) is 18.8 Å². The van der Waals surface area contributed by atoms with E-state index in [-0.39, 0.29) is 17.9 Å². The first-order valence-electron chi connectivity index (χ1n) is 6.86. The van der Waals surface area contributed by atoms with Crippen molar-refractivity contribution in [2.24, 2.45) is 0 Å². The number of hydrogen-bond acceptors (Lipinski definition) is 2. The molecule has 2 unspecified atom stereocenters. The summed E-state index contributed by atoms with van der Waals surface area (Å²) in [6.45, 7) is 2.93. The molecule has 2 aliphatic heterocycles. The molecule has 19 heavy (non-hydrogen) atoms. The van der Waals surface area contributed by atoms with Gasteiger partial charge >= 0.3 is 0 Å². The highest BCUT2D eigenvalue weighted by Gasteiger charge is 2.34. The van der Waals surface area contributed by atoms with Crippen LogP contribution < -0.4 is 10.2 Å². The Morgan fingerprint density at radius 1 is 1.32 bits per heavy atom. The molecule has 2 atom stereocenters. The van der Waals surface area contributed by atoms with Crippen LogP contribution in [-0.2, 0) is 9.59 Å². The van der Waals surface area contributed by atoms with E-state index in [9.17, 15) is 9.59 Å². The third kappa shape index (κ3) is 2.11. The molecule has 4 nitrogen and oxygen atoms in total. The van der Waals surface area contributed by atoms with Crippen molar-refractivity contribution < 1.29 is 9.59 Å². The Labute approximate surface area is 112 Å². The molecule has 0 radical (unpaired) electrons. The molecule has 4 heteroatoms. The van der Waals surface area contributed by atoms with Crippen LogP contribution >= 0.6 is 0 Å². The number of benzene rings is 1. The molecule has 1 saturated heterocycles. The Morgan fingerprint density at radius 3 is 2.84 bits per heavy atom. The number of carbonyl (C=O) groups excluding carboxylic acids is 2. The average Bonchev–Trinajstić information content (AvgIpc) is 2.86. The quantitative estimate of drug-likeness (QED) is 0.835. The van der Waals surface area contributed by atoms with Gasteiger partial charge in [0.05, 0.1) is 0 Å². The lowest BCUT2D eigenvalue weighted by Crippen LogP contribution is -2.46. The number of nitrogens with zero attached hydrogens (tertiary/aromatic N) is 1. The molecule has 1 aromatic rings. The van der Waals surface area contributed by atoms with Gasteiger partial charge in [-0.3, -0.25) is 9.59 Å². The van der Waals surface area contributed by atoms with E-state index in [1.165, 1.54) is 5.56 Å². The van der Waals surface area contributed by atoms with Crippen molar-refractivity contribution in [3.63, 3.8) is 0 Å². The molecule has 0 aliphatic carbocycles. The fourth-order valence-electron chi connectivity index (χ4n) is 2.97. The van der Waals surface area contributed by atoms with Crippen molar-refractivity contribution in [3.8, 4) is 0 Å². The summed E-state index contributed by atoms with van der Waals surface area (Å²) in [6.07, 6.45) is 2.05. The number of para-hydroxylation sites is 1. The molecule has 1 N–H and O–H groups in total. The van der Waals surface area contributed by atoms with Crippen LogP contribution in [0.1, 0.15) is 37.7 Å². The van der Waals surface area contributed by atoms with Crippen molar-refractivity contribution >= 4 is 17.5 Å². The topological polar surface area (TPSA) is 49.4 Å². The first kappa shape index (κ1) is 12.2. The largest absolute Gasteiger partial charge is 0.344 e. The lowest BCUT2D eigenvalue weighted by Gasteiger charge is -2.34. The van der Waals surface area contributed by atoms with Gasteiger partial charge in [-0.05, 0) is 30.4 Å². The van der Waals surface area contributed by atoms with E-state index in [1.54, 1.807) is 0 Å². The molecule has 0 spiro atoms. The zero-order valence-corrected chi connectivity index (χ0v) is 11.1. The van der Waals surface area contributed by atoms with Gasteiger partial charge < -0.3 is 10.2 Å². The zero-order valence-electron chi connectivity index (χ0n) is 11.1. The molecular weight excluding hydrogens is 240 g/mol. The summed E-state index contributed by atoms with van der Waals surface area (Å²) in [5, 5.41) is 2.76. The average molecular weight is 258 g/mol. The summed E-state index contributed by atoms with van der Waals surface area (Å²) in [4.78, 5) is 25.6. The summed E-state index contributed by atoms with van der Waals surface area (Å²) in [7, 11) is 0. The van der Waals surface area contributed by atoms with Crippen LogP contribution in [0.25, 0.3) is 0 Å². The summed E-state index contributed by atoms with van der Waals surface area (Å²) >= 11 is 0. The molecule has 1 fully saturated rings. The monoisotopic (exact) mass is 258 g/mol. The Morgan fingerprint density at radius 2 is 2.11 bits per heavy atom. The van der Waals surface area contributed by atoms with E-state index in [1.807, 2.05) is 23.1 Å². The molecule has 3 rings (SSSR count). The van der Waals surface area contributed by atoms with Gasteiger partial charge in [-0.1, -0.05) is 25.1 Å². The molecule has 2 aliphatic rings. The van der Waals surface area contributed by atoms with Gasteiger partial charge in [-0.2, -0.15) is 0 Å². The maximum Gasteiger partial charge on any atom is 0.249 e. The highest BCUT2D eigenvalue weighted by molar-refractivity contribution is 6.01. The third-order valence-corrected chi connectivity index (χ3v) is 4.10. The molecule has 2 amide bonds. The SMILES string of the molecule is CC1CCN(C(=O)C2CCC(=O)N2)c2ccccc21. The maximum absolute atomic E-state index is 12.5. The second-order valence-corrected chi connectivity index (χ2v) is 5.40. The summed E-state index contributed by atoms with van der Waals surface area (Å²) < 4.78 is 0. The second kappa shape index (κ2) is 4.68. The number of anilines is 1. The Hall–Kier alpha value is -1.84. The second-order valence-electron chi connectivity index (χ2n) is 5.40. The molecule has 100 valence electrons. The number of nitrogens with one attached hydrogen (secondary N) is 1. The van der Waals surface area contributed by atoms with Crippen molar-refractivity contribution in [1.29, 1.82) is 0 Å². The van der Waals surface area contributed by atoms with E-state index in [0.717, 1.165) is 18.7 Å². The van der Waals surface area contributed by atoms with E-state index in [4.69, 9.17) is 0 Å². The lowest BCUT2D eigenvalue weighted by atomic mass is 9.91. The standard InChI is InChI=1S/C15H18N2O2/c1-10-8-9-17(13-5-3-2-4-11(10)13)15(19)12-6-7-14(18)16-12/h2-5,10,12H,6-9H2,1H3,(H,16,18). The van der Waals surface area contributed by atoms with E-state index in [2.05, 4.69) is 18.3 Å². The van der Waals surface area contributed by atoms with Gasteiger partial charge in [-0.25, -0.2) is 0 Å². The van der Waals surface area contributed by atoms with Crippen molar-refractivity contribution in [3.05, 3.63) is 29.8 Å². The predicted octanol–water partition coefficient (Wildman–Crippen LogP) is 1.81. The van der Waals surface area contributed by atoms with Crippen molar-refractivity contribution in [1.82, 2.24) is 5.32 Å². The molecule has 0 saturated carbocycles. The number of carbonyl (C=O) groups is 2. The predicted molar refractivity (Wildman–Crippen MR) is 73.0 cm³/mol. The molecule has 2 heterocycles. The van der Waals surface area contributed by atoms with Crippen LogP contribution in [0.15, 0.2) is 24.3 Å². The fourth-order valence-corrected chi connectivity index (χ4v) is 2.97. The minimum atomic E-state index is -0.339. The minimum Gasteiger partial charge on any atom is -0.344 e. The van der Waals surface area contributed by atoms with E-state index >= 15 is 0 Å². The van der Waals surface area contributed by atoms with Gasteiger partial charge in [0.2, 0.25) is 11.8 Å². The Kier molecular flexibility index (Phi) is 3.01. The molecule has 0 aromatic heterocycles. The van der Waals surface area contributed by atoms with E-state index < -0.39 is 0 Å². The molecular formula is C15H18N2O2. The first-order chi connectivity index (χ1) is 9.16. The van der Waals surface area contributed by atoms with Crippen LogP contribution in [0.5, 0.6) is 0 Å². The summed E-state index contributed by atoms with van der Waals surface area (Å²) in [5.41, 5.74) is 2.24. The maximum atomic E-state index is 12.5. The smallest absolute Gasteiger partial charge is 0.249 e. The van der Waals surface area contributed by atoms with Crippen LogP contribution in [-0.4, -0.2) is 24.4 Å². The first-order valence-corrected chi connectivity index (χ1v) is 6.86.